The summed E-state index contributed by atoms with van der Waals surface area (Å²) in [4.78, 5) is 12.0. The van der Waals surface area contributed by atoms with Gasteiger partial charge in [0.05, 0.1) is 6.04 Å². The van der Waals surface area contributed by atoms with Crippen molar-refractivity contribution in [3.8, 4) is 0 Å². The fourth-order valence-corrected chi connectivity index (χ4v) is 2.63. The second-order valence-electron chi connectivity index (χ2n) is 5.70. The van der Waals surface area contributed by atoms with E-state index in [0.29, 0.717) is 18.5 Å². The van der Waals surface area contributed by atoms with Gasteiger partial charge in [-0.25, -0.2) is 8.78 Å². The Hall–Kier alpha value is -1.49. The zero-order valence-corrected chi connectivity index (χ0v) is 11.6. The second-order valence-corrected chi connectivity index (χ2v) is 5.70. The van der Waals surface area contributed by atoms with Gasteiger partial charge in [0, 0.05) is 6.42 Å². The molecule has 0 heterocycles. The topological polar surface area (TPSA) is 55.1 Å². The Morgan fingerprint density at radius 3 is 2.60 bits per heavy atom. The van der Waals surface area contributed by atoms with E-state index < -0.39 is 11.6 Å². The van der Waals surface area contributed by atoms with Crippen LogP contribution in [0.25, 0.3) is 0 Å². The van der Waals surface area contributed by atoms with E-state index in [1.165, 1.54) is 6.07 Å². The maximum Gasteiger partial charge on any atom is 0.221 e. The molecule has 110 valence electrons. The monoisotopic (exact) mass is 282 g/mol. The molecule has 0 radical (unpaired) electrons. The third-order valence-corrected chi connectivity index (χ3v) is 4.20. The largest absolute Gasteiger partial charge is 0.350 e. The van der Waals surface area contributed by atoms with E-state index in [-0.39, 0.29) is 17.4 Å². The van der Waals surface area contributed by atoms with Crippen molar-refractivity contribution >= 4 is 5.91 Å². The third kappa shape index (κ3) is 3.15. The van der Waals surface area contributed by atoms with E-state index in [0.717, 1.165) is 31.4 Å². The van der Waals surface area contributed by atoms with Crippen LogP contribution >= 0.6 is 0 Å². The van der Waals surface area contributed by atoms with Crippen LogP contribution in [-0.4, -0.2) is 12.5 Å². The van der Waals surface area contributed by atoms with Gasteiger partial charge in [-0.15, -0.1) is 0 Å². The number of benzene rings is 1. The summed E-state index contributed by atoms with van der Waals surface area (Å²) >= 11 is 0. The van der Waals surface area contributed by atoms with Crippen molar-refractivity contribution in [2.75, 3.05) is 6.54 Å². The van der Waals surface area contributed by atoms with Crippen LogP contribution in [0.2, 0.25) is 0 Å². The average molecular weight is 282 g/mol. The van der Waals surface area contributed by atoms with Gasteiger partial charge >= 0.3 is 0 Å². The van der Waals surface area contributed by atoms with Crippen molar-refractivity contribution in [3.63, 3.8) is 0 Å². The Morgan fingerprint density at radius 2 is 2.10 bits per heavy atom. The quantitative estimate of drug-likeness (QED) is 0.872. The summed E-state index contributed by atoms with van der Waals surface area (Å²) in [6, 6.07) is 3.31. The predicted octanol–water partition coefficient (Wildman–Crippen LogP) is 2.66. The average Bonchev–Trinajstić information content (AvgIpc) is 2.37. The summed E-state index contributed by atoms with van der Waals surface area (Å²) in [5.74, 6) is -1.88. The molecular weight excluding hydrogens is 262 g/mol. The SMILES string of the molecule is CC(NC(=O)CC1(CN)CCC1)c1ccc(F)c(F)c1. The molecule has 3 N–H and O–H groups in total. The molecule has 1 aromatic carbocycles. The Balaban J connectivity index is 1.95. The maximum absolute atomic E-state index is 13.2. The minimum Gasteiger partial charge on any atom is -0.350 e. The summed E-state index contributed by atoms with van der Waals surface area (Å²) in [7, 11) is 0. The van der Waals surface area contributed by atoms with Crippen molar-refractivity contribution in [3.05, 3.63) is 35.4 Å². The highest BCUT2D eigenvalue weighted by Gasteiger charge is 2.37. The molecular formula is C15H20F2N2O. The fourth-order valence-electron chi connectivity index (χ4n) is 2.63. The molecule has 5 heteroatoms. The second kappa shape index (κ2) is 5.87. The number of amides is 1. The van der Waals surface area contributed by atoms with Crippen LogP contribution in [0.5, 0.6) is 0 Å². The highest BCUT2D eigenvalue weighted by molar-refractivity contribution is 5.77. The number of halogens is 2. The number of hydrogen-bond acceptors (Lipinski definition) is 2. The van der Waals surface area contributed by atoms with Crippen LogP contribution in [0.4, 0.5) is 8.78 Å². The molecule has 0 saturated heterocycles. The predicted molar refractivity (Wildman–Crippen MR) is 72.9 cm³/mol. The zero-order chi connectivity index (χ0) is 14.8. The summed E-state index contributed by atoms with van der Waals surface area (Å²) in [5.41, 5.74) is 6.22. The molecule has 0 aromatic heterocycles. The van der Waals surface area contributed by atoms with E-state index in [1.807, 2.05) is 0 Å². The highest BCUT2D eigenvalue weighted by atomic mass is 19.2. The first-order valence-corrected chi connectivity index (χ1v) is 6.90. The van der Waals surface area contributed by atoms with Gasteiger partial charge in [0.15, 0.2) is 11.6 Å². The van der Waals surface area contributed by atoms with E-state index in [4.69, 9.17) is 5.73 Å². The first-order valence-electron chi connectivity index (χ1n) is 6.90. The van der Waals surface area contributed by atoms with Crippen LogP contribution in [0, 0.1) is 17.0 Å². The number of rotatable bonds is 5. The molecule has 1 aliphatic rings. The number of nitrogens with one attached hydrogen (secondary N) is 1. The summed E-state index contributed by atoms with van der Waals surface area (Å²) in [5, 5.41) is 2.82. The van der Waals surface area contributed by atoms with Crippen LogP contribution in [0.3, 0.4) is 0 Å². The van der Waals surface area contributed by atoms with Gasteiger partial charge in [0.25, 0.3) is 0 Å². The molecule has 1 amide bonds. The molecule has 1 atom stereocenters. The third-order valence-electron chi connectivity index (χ3n) is 4.20. The van der Waals surface area contributed by atoms with Gasteiger partial charge in [0.1, 0.15) is 0 Å². The van der Waals surface area contributed by atoms with E-state index in [2.05, 4.69) is 5.32 Å². The van der Waals surface area contributed by atoms with Crippen LogP contribution in [0.15, 0.2) is 18.2 Å². The van der Waals surface area contributed by atoms with Gasteiger partial charge in [-0.2, -0.15) is 0 Å². The lowest BCUT2D eigenvalue weighted by atomic mass is 9.66. The summed E-state index contributed by atoms with van der Waals surface area (Å²) < 4.78 is 26.0. The Morgan fingerprint density at radius 1 is 1.40 bits per heavy atom. The van der Waals surface area contributed by atoms with Gasteiger partial charge in [-0.05, 0) is 49.4 Å². The van der Waals surface area contributed by atoms with E-state index in [9.17, 15) is 13.6 Å². The first-order chi connectivity index (χ1) is 9.46. The lowest BCUT2D eigenvalue weighted by Gasteiger charge is -2.40. The molecule has 1 unspecified atom stereocenters. The fraction of sp³-hybridized carbons (Fsp3) is 0.533. The standard InChI is InChI=1S/C15H20F2N2O/c1-10(11-3-4-12(16)13(17)7-11)19-14(20)8-15(9-18)5-2-6-15/h3-4,7,10H,2,5-6,8-9,18H2,1H3,(H,19,20). The highest BCUT2D eigenvalue weighted by Crippen LogP contribution is 2.42. The molecule has 1 aliphatic carbocycles. The van der Waals surface area contributed by atoms with Crippen molar-refractivity contribution in [2.45, 2.75) is 38.6 Å². The van der Waals surface area contributed by atoms with Crippen molar-refractivity contribution in [1.82, 2.24) is 5.32 Å². The molecule has 0 bridgehead atoms. The molecule has 1 fully saturated rings. The smallest absolute Gasteiger partial charge is 0.221 e. The first kappa shape index (κ1) is 14.9. The molecule has 20 heavy (non-hydrogen) atoms. The van der Waals surface area contributed by atoms with Gasteiger partial charge in [0.2, 0.25) is 5.91 Å². The maximum atomic E-state index is 13.2. The Labute approximate surface area is 117 Å². The number of carbonyl (C=O) groups is 1. The molecule has 3 nitrogen and oxygen atoms in total. The Bertz CT molecular complexity index is 495. The molecule has 0 spiro atoms. The number of nitrogens with two attached hydrogens (primary N) is 1. The minimum atomic E-state index is -0.902. The molecule has 0 aliphatic heterocycles. The Kier molecular flexibility index (Phi) is 4.38. The van der Waals surface area contributed by atoms with Crippen LogP contribution < -0.4 is 11.1 Å². The number of hydrogen-bond donors (Lipinski definition) is 2. The van der Waals surface area contributed by atoms with Crippen LogP contribution in [-0.2, 0) is 4.79 Å². The normalized spacial score (nSPS) is 18.2. The molecule has 1 saturated carbocycles. The summed E-state index contributed by atoms with van der Waals surface area (Å²) in [6.07, 6.45) is 3.48. The molecule has 2 rings (SSSR count). The van der Waals surface area contributed by atoms with E-state index >= 15 is 0 Å². The van der Waals surface area contributed by atoms with Gasteiger partial charge < -0.3 is 11.1 Å². The lowest BCUT2D eigenvalue weighted by molar-refractivity contribution is -0.125. The van der Waals surface area contributed by atoms with Crippen molar-refractivity contribution in [1.29, 1.82) is 0 Å². The zero-order valence-electron chi connectivity index (χ0n) is 11.6. The van der Waals surface area contributed by atoms with E-state index in [1.54, 1.807) is 6.92 Å². The summed E-state index contributed by atoms with van der Waals surface area (Å²) in [6.45, 7) is 2.26. The van der Waals surface area contributed by atoms with Gasteiger partial charge in [-0.3, -0.25) is 4.79 Å². The lowest BCUT2D eigenvalue weighted by Crippen LogP contribution is -2.42. The molecule has 1 aromatic rings. The van der Waals surface area contributed by atoms with Crippen LogP contribution in [0.1, 0.15) is 44.2 Å². The minimum absolute atomic E-state index is 0.0577. The van der Waals surface area contributed by atoms with Gasteiger partial charge in [-0.1, -0.05) is 12.5 Å². The van der Waals surface area contributed by atoms with Crippen molar-refractivity contribution in [2.24, 2.45) is 11.1 Å². The van der Waals surface area contributed by atoms with Crippen molar-refractivity contribution < 1.29 is 13.6 Å². The number of carbonyl (C=O) groups excluding carboxylic acids is 1.